The van der Waals surface area contributed by atoms with Crippen LogP contribution in [0.25, 0.3) is 0 Å². The summed E-state index contributed by atoms with van der Waals surface area (Å²) in [5.74, 6) is -1.35. The number of carboxylic acid groups (broad SMARTS) is 1. The molecule has 1 atom stereocenters. The maximum absolute atomic E-state index is 12.7. The van der Waals surface area contributed by atoms with Crippen molar-refractivity contribution >= 4 is 23.4 Å². The number of carboxylic acids is 1. The summed E-state index contributed by atoms with van der Waals surface area (Å²) in [5.41, 5.74) is 2.21. The molecule has 0 saturated heterocycles. The highest BCUT2D eigenvalue weighted by Gasteiger charge is 2.24. The topological polar surface area (TPSA) is 63.6 Å². The molecular formula is C17H13ClO4. The van der Waals surface area contributed by atoms with Gasteiger partial charge in [0.05, 0.1) is 11.5 Å². The Kier molecular flexibility index (Phi) is 3.62. The van der Waals surface area contributed by atoms with Gasteiger partial charge in [0.1, 0.15) is 12.4 Å². The van der Waals surface area contributed by atoms with Gasteiger partial charge in [0.15, 0.2) is 5.78 Å². The third-order valence-electron chi connectivity index (χ3n) is 3.81. The minimum Gasteiger partial charge on any atom is -0.488 e. The molecule has 22 heavy (non-hydrogen) atoms. The van der Waals surface area contributed by atoms with Crippen molar-refractivity contribution in [1.82, 2.24) is 0 Å². The van der Waals surface area contributed by atoms with Crippen LogP contribution < -0.4 is 4.74 Å². The Labute approximate surface area is 132 Å². The highest BCUT2D eigenvalue weighted by atomic mass is 35.5. The monoisotopic (exact) mass is 316 g/mol. The van der Waals surface area contributed by atoms with E-state index in [2.05, 4.69) is 0 Å². The molecule has 0 bridgehead atoms. The van der Waals surface area contributed by atoms with E-state index in [1.807, 2.05) is 0 Å². The minimum atomic E-state index is -0.936. The second kappa shape index (κ2) is 5.46. The number of benzene rings is 2. The molecule has 3 rings (SSSR count). The van der Waals surface area contributed by atoms with Gasteiger partial charge in [-0.15, -0.1) is 0 Å². The fourth-order valence-electron chi connectivity index (χ4n) is 2.47. The average molecular weight is 317 g/mol. The molecule has 0 amide bonds. The van der Waals surface area contributed by atoms with Crippen LogP contribution in [0.3, 0.4) is 0 Å². The molecule has 0 spiro atoms. The second-order valence-electron chi connectivity index (χ2n) is 5.23. The lowest BCUT2D eigenvalue weighted by Crippen LogP contribution is -2.09. The number of halogens is 1. The van der Waals surface area contributed by atoms with Crippen LogP contribution in [-0.2, 0) is 11.4 Å². The van der Waals surface area contributed by atoms with Gasteiger partial charge < -0.3 is 9.84 Å². The molecule has 2 aromatic rings. The minimum absolute atomic E-state index is 0.182. The van der Waals surface area contributed by atoms with Crippen molar-refractivity contribution in [1.29, 1.82) is 0 Å². The fraction of sp³-hybridized carbons (Fsp3) is 0.176. The number of ketones is 1. The Morgan fingerprint density at radius 2 is 2.00 bits per heavy atom. The van der Waals surface area contributed by atoms with E-state index >= 15 is 0 Å². The van der Waals surface area contributed by atoms with E-state index in [0.717, 1.165) is 5.56 Å². The predicted molar refractivity (Wildman–Crippen MR) is 81.7 cm³/mol. The zero-order chi connectivity index (χ0) is 15.9. The van der Waals surface area contributed by atoms with Crippen LogP contribution in [0.1, 0.15) is 39.9 Å². The second-order valence-corrected chi connectivity index (χ2v) is 5.67. The van der Waals surface area contributed by atoms with Crippen LogP contribution in [0.2, 0.25) is 5.02 Å². The number of carbonyl (C=O) groups is 2. The van der Waals surface area contributed by atoms with Crippen molar-refractivity contribution in [3.05, 3.63) is 63.7 Å². The van der Waals surface area contributed by atoms with Crippen LogP contribution >= 0.6 is 11.6 Å². The molecule has 0 saturated carbocycles. The summed E-state index contributed by atoms with van der Waals surface area (Å²) in [6, 6.07) is 9.96. The lowest BCUT2D eigenvalue weighted by molar-refractivity contribution is -0.138. The van der Waals surface area contributed by atoms with Crippen molar-refractivity contribution in [2.75, 3.05) is 0 Å². The maximum Gasteiger partial charge on any atom is 0.310 e. The normalized spacial score (nSPS) is 14.4. The predicted octanol–water partition coefficient (Wildman–Crippen LogP) is 3.65. The van der Waals surface area contributed by atoms with Gasteiger partial charge in [-0.1, -0.05) is 17.7 Å². The number of aliphatic carboxylic acids is 1. The van der Waals surface area contributed by atoms with Gasteiger partial charge in [0.2, 0.25) is 0 Å². The molecule has 0 aromatic heterocycles. The van der Waals surface area contributed by atoms with Gasteiger partial charge in [0, 0.05) is 16.1 Å². The van der Waals surface area contributed by atoms with Crippen LogP contribution in [0.15, 0.2) is 36.4 Å². The van der Waals surface area contributed by atoms with Crippen molar-refractivity contribution in [3.63, 3.8) is 0 Å². The molecular weight excluding hydrogens is 304 g/mol. The smallest absolute Gasteiger partial charge is 0.310 e. The van der Waals surface area contributed by atoms with Gasteiger partial charge in [0.25, 0.3) is 0 Å². The molecule has 0 radical (unpaired) electrons. The van der Waals surface area contributed by atoms with Crippen molar-refractivity contribution < 1.29 is 19.4 Å². The van der Waals surface area contributed by atoms with Crippen LogP contribution in [0, 0.1) is 0 Å². The zero-order valence-electron chi connectivity index (χ0n) is 11.8. The summed E-state index contributed by atoms with van der Waals surface area (Å²) >= 11 is 5.96. The third kappa shape index (κ3) is 2.46. The summed E-state index contributed by atoms with van der Waals surface area (Å²) in [4.78, 5) is 23.8. The van der Waals surface area contributed by atoms with Crippen LogP contribution in [-0.4, -0.2) is 16.9 Å². The fourth-order valence-corrected chi connectivity index (χ4v) is 2.66. The number of rotatable bonds is 2. The van der Waals surface area contributed by atoms with E-state index in [9.17, 15) is 9.59 Å². The van der Waals surface area contributed by atoms with Gasteiger partial charge >= 0.3 is 5.97 Å². The van der Waals surface area contributed by atoms with Gasteiger partial charge in [-0.2, -0.15) is 0 Å². The van der Waals surface area contributed by atoms with E-state index in [1.54, 1.807) is 43.3 Å². The number of hydrogen-bond donors (Lipinski definition) is 1. The number of carbonyl (C=O) groups excluding carboxylic acids is 1. The highest BCUT2D eigenvalue weighted by molar-refractivity contribution is 6.30. The van der Waals surface area contributed by atoms with Crippen molar-refractivity contribution in [2.24, 2.45) is 0 Å². The van der Waals surface area contributed by atoms with E-state index < -0.39 is 11.9 Å². The van der Waals surface area contributed by atoms with Crippen LogP contribution in [0.4, 0.5) is 0 Å². The molecule has 5 heteroatoms. The first-order valence-electron chi connectivity index (χ1n) is 6.80. The maximum atomic E-state index is 12.7. The molecule has 112 valence electrons. The first-order valence-corrected chi connectivity index (χ1v) is 7.18. The quantitative estimate of drug-likeness (QED) is 0.918. The standard InChI is InChI=1S/C17H13ClO4/c1-9(17(20)21)10-2-5-15-14(7-10)16(19)13-4-3-12(18)6-11(13)8-22-15/h2-7,9H,8H2,1H3,(H,20,21). The molecule has 2 aromatic carbocycles. The van der Waals surface area contributed by atoms with Crippen LogP contribution in [0.5, 0.6) is 5.75 Å². The first kappa shape index (κ1) is 14.6. The summed E-state index contributed by atoms with van der Waals surface area (Å²) in [7, 11) is 0. The third-order valence-corrected chi connectivity index (χ3v) is 4.05. The first-order chi connectivity index (χ1) is 10.5. The molecule has 1 aliphatic rings. The summed E-state index contributed by atoms with van der Waals surface area (Å²) in [6.07, 6.45) is 0. The van der Waals surface area contributed by atoms with Crippen molar-refractivity contribution in [3.8, 4) is 5.75 Å². The number of fused-ring (bicyclic) bond motifs is 2. The molecule has 1 aliphatic heterocycles. The molecule has 1 N–H and O–H groups in total. The molecule has 4 nitrogen and oxygen atoms in total. The molecule has 0 fully saturated rings. The van der Waals surface area contributed by atoms with Crippen molar-refractivity contribution in [2.45, 2.75) is 19.4 Å². The Morgan fingerprint density at radius 3 is 2.73 bits per heavy atom. The highest BCUT2D eigenvalue weighted by Crippen LogP contribution is 2.32. The van der Waals surface area contributed by atoms with E-state index in [4.69, 9.17) is 21.4 Å². The van der Waals surface area contributed by atoms with Gasteiger partial charge in [-0.25, -0.2) is 0 Å². The lowest BCUT2D eigenvalue weighted by Gasteiger charge is -2.11. The lowest BCUT2D eigenvalue weighted by atomic mass is 9.94. The largest absolute Gasteiger partial charge is 0.488 e. The molecule has 0 aliphatic carbocycles. The Bertz CT molecular complexity index is 782. The average Bonchev–Trinajstić information content (AvgIpc) is 2.63. The number of hydrogen-bond acceptors (Lipinski definition) is 3. The summed E-state index contributed by atoms with van der Waals surface area (Å²) in [5, 5.41) is 9.66. The summed E-state index contributed by atoms with van der Waals surface area (Å²) in [6.45, 7) is 1.84. The molecule has 1 heterocycles. The molecule has 1 unspecified atom stereocenters. The Hall–Kier alpha value is -2.33. The Balaban J connectivity index is 2.10. The zero-order valence-corrected chi connectivity index (χ0v) is 12.6. The van der Waals surface area contributed by atoms with Gasteiger partial charge in [-0.05, 0) is 42.8 Å². The van der Waals surface area contributed by atoms with E-state index in [0.29, 0.717) is 27.5 Å². The van der Waals surface area contributed by atoms with E-state index in [-0.39, 0.29) is 12.4 Å². The number of ether oxygens (including phenoxy) is 1. The Morgan fingerprint density at radius 1 is 1.23 bits per heavy atom. The van der Waals surface area contributed by atoms with Gasteiger partial charge in [-0.3, -0.25) is 9.59 Å². The summed E-state index contributed by atoms with van der Waals surface area (Å²) < 4.78 is 5.67. The SMILES string of the molecule is CC(C(=O)O)c1ccc2c(c1)C(=O)c1ccc(Cl)cc1CO2. The van der Waals surface area contributed by atoms with E-state index in [1.165, 1.54) is 0 Å².